The molecule has 1 aliphatic rings. The predicted octanol–water partition coefficient (Wildman–Crippen LogP) is 3.14. The van der Waals surface area contributed by atoms with Gasteiger partial charge in [-0.3, -0.25) is 9.79 Å². The molecule has 1 aliphatic carbocycles. The maximum absolute atomic E-state index is 12.8. The monoisotopic (exact) mass is 453 g/mol. The number of aromatic nitrogens is 2. The van der Waals surface area contributed by atoms with Crippen molar-refractivity contribution < 1.29 is 13.2 Å². The van der Waals surface area contributed by atoms with E-state index in [1.807, 2.05) is 36.4 Å². The molecule has 0 saturated heterocycles. The molecule has 0 saturated carbocycles. The van der Waals surface area contributed by atoms with E-state index in [-0.39, 0.29) is 17.8 Å². The number of fused-ring (bicyclic) bond motifs is 2. The van der Waals surface area contributed by atoms with E-state index in [9.17, 15) is 13.2 Å². The molecular formula is C23H27N5O3S. The summed E-state index contributed by atoms with van der Waals surface area (Å²) in [5.41, 5.74) is 10.0. The van der Waals surface area contributed by atoms with E-state index < -0.39 is 14.6 Å². The summed E-state index contributed by atoms with van der Waals surface area (Å²) in [5.74, 6) is -0.209. The van der Waals surface area contributed by atoms with Crippen LogP contribution >= 0.6 is 0 Å². The Morgan fingerprint density at radius 3 is 2.75 bits per heavy atom. The molecule has 1 unspecified atom stereocenters. The van der Waals surface area contributed by atoms with Crippen molar-refractivity contribution in [3.05, 3.63) is 65.5 Å². The zero-order chi connectivity index (χ0) is 23.1. The van der Waals surface area contributed by atoms with Crippen molar-refractivity contribution in [2.75, 3.05) is 11.6 Å². The quantitative estimate of drug-likeness (QED) is 0.454. The van der Waals surface area contributed by atoms with Crippen LogP contribution in [0.5, 0.6) is 0 Å². The Balaban J connectivity index is 1.61. The molecule has 2 heterocycles. The first-order valence-electron chi connectivity index (χ1n) is 10.5. The smallest absolute Gasteiger partial charge is 0.276 e. The van der Waals surface area contributed by atoms with E-state index >= 15 is 0 Å². The number of nitrogens with two attached hydrogens (primary N) is 1. The van der Waals surface area contributed by atoms with Crippen molar-refractivity contribution in [2.45, 2.75) is 43.9 Å². The summed E-state index contributed by atoms with van der Waals surface area (Å²) in [6.45, 7) is 3.13. The minimum Gasteiger partial charge on any atom is -0.386 e. The highest BCUT2D eigenvalue weighted by Crippen LogP contribution is 2.35. The highest BCUT2D eigenvalue weighted by Gasteiger charge is 2.35. The average Bonchev–Trinajstić information content (AvgIpc) is 3.18. The van der Waals surface area contributed by atoms with Crippen LogP contribution in [0.15, 0.2) is 53.7 Å². The Bertz CT molecular complexity index is 1290. The van der Waals surface area contributed by atoms with Crippen molar-refractivity contribution in [3.63, 3.8) is 0 Å². The van der Waals surface area contributed by atoms with Crippen LogP contribution in [0.3, 0.4) is 0 Å². The van der Waals surface area contributed by atoms with E-state index in [0.29, 0.717) is 11.4 Å². The molecular weight excluding hydrogens is 426 g/mol. The first-order valence-corrected chi connectivity index (χ1v) is 12.4. The lowest BCUT2D eigenvalue weighted by molar-refractivity contribution is 0.102. The van der Waals surface area contributed by atoms with Gasteiger partial charge in [0.25, 0.3) is 5.91 Å². The van der Waals surface area contributed by atoms with Gasteiger partial charge in [0.2, 0.25) is 0 Å². The van der Waals surface area contributed by atoms with Crippen LogP contribution in [0.1, 0.15) is 54.3 Å². The van der Waals surface area contributed by atoms with E-state index in [4.69, 9.17) is 5.73 Å². The van der Waals surface area contributed by atoms with Crippen LogP contribution in [0.2, 0.25) is 0 Å². The van der Waals surface area contributed by atoms with Gasteiger partial charge in [-0.05, 0) is 74.6 Å². The first-order chi connectivity index (χ1) is 15.1. The summed E-state index contributed by atoms with van der Waals surface area (Å²) in [6.07, 6.45) is 5.54. The van der Waals surface area contributed by atoms with Crippen LogP contribution < -0.4 is 11.1 Å². The number of carbonyl (C=O) groups excluding carboxylic acids is 1. The van der Waals surface area contributed by atoms with Gasteiger partial charge in [-0.2, -0.15) is 5.10 Å². The summed E-state index contributed by atoms with van der Waals surface area (Å²) >= 11 is 0. The van der Waals surface area contributed by atoms with E-state index in [1.54, 1.807) is 30.6 Å². The molecule has 1 atom stereocenters. The lowest BCUT2D eigenvalue weighted by Crippen LogP contribution is -2.45. The number of aryl methyl sites for hydroxylation is 1. The zero-order valence-corrected chi connectivity index (χ0v) is 19.2. The second-order valence-corrected chi connectivity index (χ2v) is 11.2. The van der Waals surface area contributed by atoms with Gasteiger partial charge >= 0.3 is 0 Å². The molecule has 2 aromatic heterocycles. The number of anilines is 1. The maximum Gasteiger partial charge on any atom is 0.276 e. The van der Waals surface area contributed by atoms with Gasteiger partial charge in [-0.1, -0.05) is 12.1 Å². The summed E-state index contributed by atoms with van der Waals surface area (Å²) in [6, 6.07) is 12.8. The minimum absolute atomic E-state index is 0.0944. The number of carbonyl (C=O) groups is 1. The summed E-state index contributed by atoms with van der Waals surface area (Å²) in [4.78, 5) is 17.4. The lowest BCUT2D eigenvalue weighted by Gasteiger charge is -2.27. The number of nitrogens with one attached hydrogen (secondary N) is 1. The van der Waals surface area contributed by atoms with Crippen LogP contribution in [0, 0.1) is 0 Å². The van der Waals surface area contributed by atoms with Gasteiger partial charge in [0, 0.05) is 18.1 Å². The fraction of sp³-hybridized carbons (Fsp3) is 0.348. The molecule has 0 spiro atoms. The van der Waals surface area contributed by atoms with Crippen molar-refractivity contribution in [1.82, 2.24) is 9.61 Å². The molecule has 3 aromatic rings. The van der Waals surface area contributed by atoms with Gasteiger partial charge in [0.05, 0.1) is 11.6 Å². The van der Waals surface area contributed by atoms with E-state index in [1.165, 1.54) is 0 Å². The third-order valence-corrected chi connectivity index (χ3v) is 8.19. The SMILES string of the molecule is CC(C)(C(N)=NC1CCCc2ccc(NC(=O)c3cc4ccccn4n3)cc21)S(C)(=O)=O. The molecule has 32 heavy (non-hydrogen) atoms. The number of pyridine rings is 1. The molecule has 0 bridgehead atoms. The van der Waals surface area contributed by atoms with Crippen LogP contribution in [0.4, 0.5) is 5.69 Å². The molecule has 1 amide bonds. The Kier molecular flexibility index (Phi) is 5.54. The fourth-order valence-electron chi connectivity index (χ4n) is 3.74. The van der Waals surface area contributed by atoms with Crippen LogP contribution in [0.25, 0.3) is 5.52 Å². The number of nitrogens with zero attached hydrogens (tertiary/aromatic N) is 3. The number of aliphatic imine (C=N–C) groups is 1. The summed E-state index contributed by atoms with van der Waals surface area (Å²) in [5, 5.41) is 7.22. The molecule has 4 rings (SSSR count). The number of rotatable bonds is 5. The molecule has 1 aromatic carbocycles. The Labute approximate surface area is 187 Å². The fourth-order valence-corrected chi connectivity index (χ4v) is 4.18. The number of hydrogen-bond acceptors (Lipinski definition) is 5. The van der Waals surface area contributed by atoms with Gasteiger partial charge in [-0.25, -0.2) is 12.9 Å². The molecule has 8 nitrogen and oxygen atoms in total. The first kappa shape index (κ1) is 22.0. The molecule has 168 valence electrons. The zero-order valence-electron chi connectivity index (χ0n) is 18.4. The Morgan fingerprint density at radius 2 is 2.03 bits per heavy atom. The summed E-state index contributed by atoms with van der Waals surface area (Å²) in [7, 11) is -3.42. The van der Waals surface area contributed by atoms with Gasteiger partial charge < -0.3 is 11.1 Å². The molecule has 0 aliphatic heterocycles. The predicted molar refractivity (Wildman–Crippen MR) is 126 cm³/mol. The van der Waals surface area contributed by atoms with Crippen LogP contribution in [-0.4, -0.2) is 40.8 Å². The molecule has 9 heteroatoms. The van der Waals surface area contributed by atoms with Gasteiger partial charge in [0.15, 0.2) is 15.5 Å². The Hall–Kier alpha value is -3.20. The third kappa shape index (κ3) is 4.12. The normalized spacial score (nSPS) is 17.2. The number of amidine groups is 1. The average molecular weight is 454 g/mol. The highest BCUT2D eigenvalue weighted by atomic mass is 32.2. The van der Waals surface area contributed by atoms with Crippen molar-refractivity contribution >= 4 is 32.8 Å². The molecule has 3 N–H and O–H groups in total. The number of sulfone groups is 1. The molecule has 0 radical (unpaired) electrons. The highest BCUT2D eigenvalue weighted by molar-refractivity contribution is 7.92. The minimum atomic E-state index is -3.42. The number of hydrogen-bond donors (Lipinski definition) is 2. The lowest BCUT2D eigenvalue weighted by atomic mass is 9.87. The van der Waals surface area contributed by atoms with E-state index in [2.05, 4.69) is 15.4 Å². The topological polar surface area (TPSA) is 119 Å². The summed E-state index contributed by atoms with van der Waals surface area (Å²) < 4.78 is 24.7. The number of amides is 1. The van der Waals surface area contributed by atoms with Gasteiger partial charge in [-0.15, -0.1) is 0 Å². The van der Waals surface area contributed by atoms with Crippen molar-refractivity contribution in [2.24, 2.45) is 10.7 Å². The third-order valence-electron chi connectivity index (χ3n) is 6.13. The second kappa shape index (κ2) is 8.05. The number of benzene rings is 1. The largest absolute Gasteiger partial charge is 0.386 e. The second-order valence-electron chi connectivity index (χ2n) is 8.67. The van der Waals surface area contributed by atoms with Crippen molar-refractivity contribution in [3.8, 4) is 0 Å². The standard InChI is InChI=1S/C23H27N5O3S/c1-23(2,32(3,30)31)22(24)26-19-9-6-7-15-10-11-16(13-18(15)19)25-21(29)20-14-17-8-4-5-12-28(17)27-20/h4-5,8,10-14,19H,6-7,9H2,1-3H3,(H2,24,26)(H,25,29). The maximum atomic E-state index is 12.8. The van der Waals surface area contributed by atoms with Gasteiger partial charge in [0.1, 0.15) is 10.6 Å². The Morgan fingerprint density at radius 1 is 1.25 bits per heavy atom. The molecule has 0 fully saturated rings. The van der Waals surface area contributed by atoms with Crippen LogP contribution in [-0.2, 0) is 16.3 Å². The van der Waals surface area contributed by atoms with Crippen molar-refractivity contribution in [1.29, 1.82) is 0 Å². The van der Waals surface area contributed by atoms with E-state index in [0.717, 1.165) is 42.2 Å².